The van der Waals surface area contributed by atoms with Crippen LogP contribution in [0.5, 0.6) is 0 Å². The van der Waals surface area contributed by atoms with Crippen molar-refractivity contribution in [2.24, 2.45) is 0 Å². The Morgan fingerprint density at radius 3 is 2.90 bits per heavy atom. The number of hydrogen-bond acceptors (Lipinski definition) is 4. The van der Waals surface area contributed by atoms with Gasteiger partial charge in [-0.25, -0.2) is 0 Å². The second-order valence-electron chi connectivity index (χ2n) is 4.46. The summed E-state index contributed by atoms with van der Waals surface area (Å²) >= 11 is 1.27. The van der Waals surface area contributed by atoms with Crippen LogP contribution >= 0.6 is 11.3 Å². The van der Waals surface area contributed by atoms with E-state index in [-0.39, 0.29) is 25.0 Å². The summed E-state index contributed by atoms with van der Waals surface area (Å²) in [7, 11) is 0. The largest absolute Gasteiger partial charge is 0.395 e. The van der Waals surface area contributed by atoms with Crippen LogP contribution in [0.3, 0.4) is 0 Å². The zero-order valence-corrected chi connectivity index (χ0v) is 11.8. The van der Waals surface area contributed by atoms with E-state index in [1.54, 1.807) is 12.1 Å². The van der Waals surface area contributed by atoms with Gasteiger partial charge >= 0.3 is 0 Å². The summed E-state index contributed by atoms with van der Waals surface area (Å²) in [5.41, 5.74) is 0. The minimum atomic E-state index is -0.267. The van der Waals surface area contributed by atoms with Gasteiger partial charge in [-0.05, 0) is 25.0 Å². The van der Waals surface area contributed by atoms with Crippen LogP contribution in [0, 0.1) is 11.8 Å². The monoisotopic (exact) mass is 292 g/mol. The van der Waals surface area contributed by atoms with E-state index in [1.165, 1.54) is 11.3 Å². The van der Waals surface area contributed by atoms with E-state index in [4.69, 9.17) is 5.11 Å². The molecular weight excluding hydrogens is 276 g/mol. The van der Waals surface area contributed by atoms with Crippen LogP contribution in [0.2, 0.25) is 0 Å². The lowest BCUT2D eigenvalue weighted by Crippen LogP contribution is -2.37. The lowest BCUT2D eigenvalue weighted by atomic mass is 10.4. The fourth-order valence-corrected chi connectivity index (χ4v) is 2.28. The Morgan fingerprint density at radius 2 is 2.20 bits per heavy atom. The van der Waals surface area contributed by atoms with Crippen LogP contribution in [-0.2, 0) is 4.79 Å². The van der Waals surface area contributed by atoms with E-state index in [2.05, 4.69) is 22.5 Å². The molecule has 0 bridgehead atoms. The molecule has 3 N–H and O–H groups in total. The number of carbonyl (C=O) groups is 2. The van der Waals surface area contributed by atoms with Gasteiger partial charge < -0.3 is 15.7 Å². The Bertz CT molecular complexity index is 552. The van der Waals surface area contributed by atoms with E-state index in [0.29, 0.717) is 17.3 Å². The normalized spacial score (nSPS) is 13.2. The Morgan fingerprint density at radius 1 is 1.40 bits per heavy atom. The molecule has 5 nitrogen and oxygen atoms in total. The van der Waals surface area contributed by atoms with Crippen molar-refractivity contribution in [2.45, 2.75) is 25.3 Å². The molecule has 0 aliphatic heterocycles. The predicted molar refractivity (Wildman–Crippen MR) is 76.4 cm³/mol. The molecule has 0 aromatic carbocycles. The summed E-state index contributed by atoms with van der Waals surface area (Å²) in [6.07, 6.45) is 2.47. The van der Waals surface area contributed by atoms with Gasteiger partial charge in [0.15, 0.2) is 0 Å². The summed E-state index contributed by atoms with van der Waals surface area (Å²) in [5, 5.41) is 14.0. The van der Waals surface area contributed by atoms with Crippen LogP contribution in [0.1, 0.15) is 33.8 Å². The molecule has 1 heterocycles. The molecule has 1 aliphatic rings. The van der Waals surface area contributed by atoms with E-state index >= 15 is 0 Å². The molecule has 20 heavy (non-hydrogen) atoms. The first-order valence-corrected chi connectivity index (χ1v) is 7.28. The maximum atomic E-state index is 11.8. The number of aliphatic hydroxyl groups excluding tert-OH is 1. The molecule has 1 aliphatic carbocycles. The molecule has 2 amide bonds. The quantitative estimate of drug-likeness (QED) is 0.691. The van der Waals surface area contributed by atoms with Gasteiger partial charge in [0.05, 0.1) is 22.9 Å². The van der Waals surface area contributed by atoms with Gasteiger partial charge in [0, 0.05) is 12.5 Å². The Hall–Kier alpha value is -1.84. The molecule has 1 fully saturated rings. The van der Waals surface area contributed by atoms with Gasteiger partial charge in [-0.3, -0.25) is 9.59 Å². The van der Waals surface area contributed by atoms with Gasteiger partial charge in [-0.15, -0.1) is 11.3 Å². The average Bonchev–Trinajstić information content (AvgIpc) is 3.11. The standard InChI is InChI=1S/C14H16N2O3S/c17-8-2-1-3-11-6-7-12(20-11)14(19)15-9-13(18)16-10-4-5-10/h6-7,10,17H,2,4-5,8-9H2,(H,15,19)(H,16,18). The molecular formula is C14H16N2O3S. The molecule has 106 valence electrons. The second-order valence-corrected chi connectivity index (χ2v) is 5.55. The summed E-state index contributed by atoms with van der Waals surface area (Å²) in [4.78, 5) is 24.6. The highest BCUT2D eigenvalue weighted by molar-refractivity contribution is 7.14. The summed E-state index contributed by atoms with van der Waals surface area (Å²) < 4.78 is 0. The van der Waals surface area contributed by atoms with Crippen molar-refractivity contribution >= 4 is 23.2 Å². The lowest BCUT2D eigenvalue weighted by molar-refractivity contribution is -0.120. The molecule has 0 saturated heterocycles. The van der Waals surface area contributed by atoms with Crippen molar-refractivity contribution < 1.29 is 14.7 Å². The molecule has 1 saturated carbocycles. The molecule has 1 aromatic rings. The number of hydrogen-bond donors (Lipinski definition) is 3. The third-order valence-corrected chi connectivity index (χ3v) is 3.63. The van der Waals surface area contributed by atoms with E-state index < -0.39 is 0 Å². The molecule has 1 aromatic heterocycles. The first-order valence-electron chi connectivity index (χ1n) is 6.46. The maximum Gasteiger partial charge on any atom is 0.261 e. The smallest absolute Gasteiger partial charge is 0.261 e. The number of thiophene rings is 1. The van der Waals surface area contributed by atoms with E-state index in [0.717, 1.165) is 17.7 Å². The fraction of sp³-hybridized carbons (Fsp3) is 0.429. The Labute approximate surface area is 121 Å². The van der Waals surface area contributed by atoms with Crippen molar-refractivity contribution in [3.63, 3.8) is 0 Å². The topological polar surface area (TPSA) is 78.4 Å². The van der Waals surface area contributed by atoms with Crippen LogP contribution in [0.15, 0.2) is 12.1 Å². The van der Waals surface area contributed by atoms with Gasteiger partial charge in [-0.1, -0.05) is 11.8 Å². The minimum absolute atomic E-state index is 0.00123. The third-order valence-electron chi connectivity index (χ3n) is 2.63. The molecule has 0 spiro atoms. The number of nitrogens with one attached hydrogen (secondary N) is 2. The van der Waals surface area contributed by atoms with Crippen molar-refractivity contribution in [1.29, 1.82) is 0 Å². The van der Waals surface area contributed by atoms with Crippen molar-refractivity contribution in [2.75, 3.05) is 13.2 Å². The minimum Gasteiger partial charge on any atom is -0.395 e. The van der Waals surface area contributed by atoms with Gasteiger partial charge in [-0.2, -0.15) is 0 Å². The zero-order chi connectivity index (χ0) is 14.4. The van der Waals surface area contributed by atoms with Crippen LogP contribution < -0.4 is 10.6 Å². The first kappa shape index (κ1) is 14.6. The van der Waals surface area contributed by atoms with Crippen molar-refractivity contribution in [1.82, 2.24) is 10.6 Å². The number of amides is 2. The second kappa shape index (κ2) is 7.08. The van der Waals surface area contributed by atoms with Crippen molar-refractivity contribution in [3.8, 4) is 11.8 Å². The lowest BCUT2D eigenvalue weighted by Gasteiger charge is -2.04. The summed E-state index contributed by atoms with van der Waals surface area (Å²) in [5.74, 6) is 5.25. The highest BCUT2D eigenvalue weighted by atomic mass is 32.1. The van der Waals surface area contributed by atoms with E-state index in [9.17, 15) is 9.59 Å². The highest BCUT2D eigenvalue weighted by Gasteiger charge is 2.23. The first-order chi connectivity index (χ1) is 9.69. The fourth-order valence-electron chi connectivity index (χ4n) is 1.49. The number of rotatable bonds is 5. The average molecular weight is 292 g/mol. The van der Waals surface area contributed by atoms with Crippen molar-refractivity contribution in [3.05, 3.63) is 21.9 Å². The predicted octanol–water partition coefficient (Wildman–Crippen LogP) is 0.490. The highest BCUT2D eigenvalue weighted by Crippen LogP contribution is 2.18. The summed E-state index contributed by atoms with van der Waals surface area (Å²) in [6, 6.07) is 3.74. The molecule has 0 radical (unpaired) electrons. The third kappa shape index (κ3) is 4.68. The molecule has 0 unspecified atom stereocenters. The molecule has 0 atom stereocenters. The Balaban J connectivity index is 1.80. The van der Waals surface area contributed by atoms with Gasteiger partial charge in [0.2, 0.25) is 5.91 Å². The number of aliphatic hydroxyl groups is 1. The van der Waals surface area contributed by atoms with Crippen LogP contribution in [0.25, 0.3) is 0 Å². The van der Waals surface area contributed by atoms with Gasteiger partial charge in [0.1, 0.15) is 0 Å². The number of carbonyl (C=O) groups excluding carboxylic acids is 2. The zero-order valence-electron chi connectivity index (χ0n) is 10.9. The Kier molecular flexibility index (Phi) is 5.16. The van der Waals surface area contributed by atoms with E-state index in [1.807, 2.05) is 0 Å². The van der Waals surface area contributed by atoms with Crippen LogP contribution in [0.4, 0.5) is 0 Å². The summed E-state index contributed by atoms with van der Waals surface area (Å²) in [6.45, 7) is 0.0284. The van der Waals surface area contributed by atoms with Crippen LogP contribution in [-0.4, -0.2) is 36.1 Å². The SMILES string of the molecule is O=C(CNC(=O)c1ccc(C#CCCO)s1)NC1CC1. The maximum absolute atomic E-state index is 11.8. The molecule has 2 rings (SSSR count). The molecule has 6 heteroatoms. The van der Waals surface area contributed by atoms with Gasteiger partial charge in [0.25, 0.3) is 5.91 Å².